The van der Waals surface area contributed by atoms with E-state index in [1.807, 2.05) is 13.0 Å². The van der Waals surface area contributed by atoms with Gasteiger partial charge in [0.15, 0.2) is 5.69 Å². The monoisotopic (exact) mass is 344 g/mol. The van der Waals surface area contributed by atoms with E-state index in [0.29, 0.717) is 16.8 Å². The molecule has 126 valence electrons. The Morgan fingerprint density at radius 2 is 1.92 bits per heavy atom. The zero-order chi connectivity index (χ0) is 16.9. The highest BCUT2D eigenvalue weighted by Crippen LogP contribution is 2.21. The lowest BCUT2D eigenvalue weighted by Crippen LogP contribution is -2.23. The van der Waals surface area contributed by atoms with Gasteiger partial charge in [-0.25, -0.2) is 0 Å². The van der Waals surface area contributed by atoms with Crippen LogP contribution in [0.5, 0.6) is 0 Å². The van der Waals surface area contributed by atoms with Crippen molar-refractivity contribution in [1.82, 2.24) is 10.2 Å². The van der Waals surface area contributed by atoms with Crippen molar-refractivity contribution in [3.63, 3.8) is 0 Å². The number of aromatic nitrogens is 2. The molecule has 1 heterocycles. The van der Waals surface area contributed by atoms with Gasteiger partial charge in [0.2, 0.25) is 0 Å². The first-order valence-electron chi connectivity index (χ1n) is 8.29. The van der Waals surface area contributed by atoms with Gasteiger partial charge in [-0.1, -0.05) is 30.9 Å². The summed E-state index contributed by atoms with van der Waals surface area (Å²) in [6, 6.07) is 9.29. The molecule has 24 heavy (non-hydrogen) atoms. The quantitative estimate of drug-likeness (QED) is 0.860. The number of anilines is 2. The number of rotatable bonds is 4. The molecule has 1 aliphatic carbocycles. The molecule has 0 aliphatic heterocycles. The standard InChI is InChI=1S/C18H21ClN4O/c1-12-11-13(19)7-8-15(12)21-18(24)16-9-10-17(23-22-16)20-14-5-3-2-4-6-14/h7-11,14H,2-6H2,1H3,(H,20,23)(H,21,24). The first kappa shape index (κ1) is 16.7. The largest absolute Gasteiger partial charge is 0.366 e. The summed E-state index contributed by atoms with van der Waals surface area (Å²) in [7, 11) is 0. The minimum absolute atomic E-state index is 0.280. The number of nitrogens with one attached hydrogen (secondary N) is 2. The smallest absolute Gasteiger partial charge is 0.276 e. The number of aryl methyl sites for hydroxylation is 1. The lowest BCUT2D eigenvalue weighted by molar-refractivity contribution is 0.102. The Bertz CT molecular complexity index is 711. The molecule has 5 nitrogen and oxygen atoms in total. The van der Waals surface area contributed by atoms with E-state index in [9.17, 15) is 4.79 Å². The molecule has 2 N–H and O–H groups in total. The summed E-state index contributed by atoms with van der Waals surface area (Å²) in [5.74, 6) is 0.443. The molecule has 1 amide bonds. The summed E-state index contributed by atoms with van der Waals surface area (Å²) < 4.78 is 0. The second-order valence-electron chi connectivity index (χ2n) is 6.20. The van der Waals surface area contributed by atoms with Gasteiger partial charge >= 0.3 is 0 Å². The van der Waals surface area contributed by atoms with Crippen LogP contribution in [0.4, 0.5) is 11.5 Å². The molecule has 1 fully saturated rings. The Balaban J connectivity index is 1.62. The molecule has 3 rings (SSSR count). The number of benzene rings is 1. The summed E-state index contributed by atoms with van der Waals surface area (Å²) in [5.41, 5.74) is 1.91. The number of carbonyl (C=O) groups is 1. The number of amides is 1. The molecule has 0 unspecified atom stereocenters. The van der Waals surface area contributed by atoms with E-state index in [1.54, 1.807) is 24.3 Å². The van der Waals surface area contributed by atoms with Crippen LogP contribution in [0.2, 0.25) is 5.02 Å². The highest BCUT2D eigenvalue weighted by Gasteiger charge is 2.15. The maximum absolute atomic E-state index is 12.3. The lowest BCUT2D eigenvalue weighted by atomic mass is 9.95. The summed E-state index contributed by atoms with van der Waals surface area (Å²) >= 11 is 5.93. The summed E-state index contributed by atoms with van der Waals surface area (Å²) in [6.45, 7) is 1.89. The van der Waals surface area contributed by atoms with Gasteiger partial charge in [0.1, 0.15) is 5.82 Å². The van der Waals surface area contributed by atoms with Crippen molar-refractivity contribution < 1.29 is 4.79 Å². The Morgan fingerprint density at radius 3 is 2.58 bits per heavy atom. The van der Waals surface area contributed by atoms with Gasteiger partial charge in [-0.2, -0.15) is 0 Å². The van der Waals surface area contributed by atoms with E-state index in [1.165, 1.54) is 32.1 Å². The average Bonchev–Trinajstić information content (AvgIpc) is 2.59. The van der Waals surface area contributed by atoms with Crippen LogP contribution in [-0.2, 0) is 0 Å². The molecule has 2 aromatic rings. The molecule has 1 aromatic carbocycles. The van der Waals surface area contributed by atoms with Gasteiger partial charge in [-0.15, -0.1) is 10.2 Å². The number of nitrogens with zero attached hydrogens (tertiary/aromatic N) is 2. The fourth-order valence-electron chi connectivity index (χ4n) is 2.94. The van der Waals surface area contributed by atoms with Crippen LogP contribution in [-0.4, -0.2) is 22.1 Å². The number of carbonyl (C=O) groups excluding carboxylic acids is 1. The number of hydrogen-bond acceptors (Lipinski definition) is 4. The van der Waals surface area contributed by atoms with Gasteiger partial charge < -0.3 is 10.6 Å². The van der Waals surface area contributed by atoms with Crippen molar-refractivity contribution in [2.75, 3.05) is 10.6 Å². The van der Waals surface area contributed by atoms with Crippen molar-refractivity contribution in [3.05, 3.63) is 46.6 Å². The SMILES string of the molecule is Cc1cc(Cl)ccc1NC(=O)c1ccc(NC2CCCCC2)nn1. The Labute approximate surface area is 146 Å². The van der Waals surface area contributed by atoms with E-state index in [2.05, 4.69) is 20.8 Å². The average molecular weight is 345 g/mol. The fraction of sp³-hybridized carbons (Fsp3) is 0.389. The minimum Gasteiger partial charge on any atom is -0.366 e. The molecule has 0 atom stereocenters. The molecule has 1 saturated carbocycles. The zero-order valence-electron chi connectivity index (χ0n) is 13.7. The molecular weight excluding hydrogens is 324 g/mol. The number of hydrogen-bond donors (Lipinski definition) is 2. The van der Waals surface area contributed by atoms with Crippen molar-refractivity contribution in [1.29, 1.82) is 0 Å². The summed E-state index contributed by atoms with van der Waals surface area (Å²) in [5, 5.41) is 15.0. The van der Waals surface area contributed by atoms with Crippen LogP contribution >= 0.6 is 11.6 Å². The first-order valence-corrected chi connectivity index (χ1v) is 8.67. The van der Waals surface area contributed by atoms with Crippen molar-refractivity contribution >= 4 is 29.0 Å². The van der Waals surface area contributed by atoms with Crippen LogP contribution in [0.1, 0.15) is 48.2 Å². The lowest BCUT2D eigenvalue weighted by Gasteiger charge is -2.22. The van der Waals surface area contributed by atoms with E-state index < -0.39 is 0 Å². The van der Waals surface area contributed by atoms with Crippen LogP contribution in [0.15, 0.2) is 30.3 Å². The minimum atomic E-state index is -0.280. The van der Waals surface area contributed by atoms with Crippen molar-refractivity contribution in [3.8, 4) is 0 Å². The Hall–Kier alpha value is -2.14. The second-order valence-corrected chi connectivity index (χ2v) is 6.63. The molecular formula is C18H21ClN4O. The third-order valence-corrected chi connectivity index (χ3v) is 4.53. The maximum Gasteiger partial charge on any atom is 0.276 e. The van der Waals surface area contributed by atoms with E-state index in [4.69, 9.17) is 11.6 Å². The topological polar surface area (TPSA) is 66.9 Å². The molecule has 0 bridgehead atoms. The highest BCUT2D eigenvalue weighted by atomic mass is 35.5. The highest BCUT2D eigenvalue weighted by molar-refractivity contribution is 6.30. The van der Waals surface area contributed by atoms with Gasteiger partial charge in [0.05, 0.1) is 0 Å². The summed E-state index contributed by atoms with van der Waals surface area (Å²) in [6.07, 6.45) is 6.16. The van der Waals surface area contributed by atoms with Crippen LogP contribution in [0, 0.1) is 6.92 Å². The second kappa shape index (κ2) is 7.62. The van der Waals surface area contributed by atoms with Gasteiger partial charge in [-0.05, 0) is 55.7 Å². The first-order chi connectivity index (χ1) is 11.6. The Kier molecular flexibility index (Phi) is 5.30. The molecule has 0 saturated heterocycles. The molecule has 1 aromatic heterocycles. The molecule has 0 spiro atoms. The van der Waals surface area contributed by atoms with E-state index in [-0.39, 0.29) is 5.91 Å². The predicted molar refractivity (Wildman–Crippen MR) is 96.7 cm³/mol. The van der Waals surface area contributed by atoms with E-state index in [0.717, 1.165) is 17.1 Å². The number of halogens is 1. The Morgan fingerprint density at radius 1 is 1.12 bits per heavy atom. The van der Waals surface area contributed by atoms with Gasteiger partial charge in [0.25, 0.3) is 5.91 Å². The molecule has 0 radical (unpaired) electrons. The van der Waals surface area contributed by atoms with E-state index >= 15 is 0 Å². The van der Waals surface area contributed by atoms with Gasteiger partial charge in [-0.3, -0.25) is 4.79 Å². The summed E-state index contributed by atoms with van der Waals surface area (Å²) in [4.78, 5) is 12.3. The van der Waals surface area contributed by atoms with Crippen molar-refractivity contribution in [2.24, 2.45) is 0 Å². The third kappa shape index (κ3) is 4.23. The molecule has 6 heteroatoms. The van der Waals surface area contributed by atoms with Crippen LogP contribution < -0.4 is 10.6 Å². The maximum atomic E-state index is 12.3. The van der Waals surface area contributed by atoms with Crippen molar-refractivity contribution in [2.45, 2.75) is 45.1 Å². The normalized spacial score (nSPS) is 15.1. The molecule has 1 aliphatic rings. The van der Waals surface area contributed by atoms with Gasteiger partial charge in [0, 0.05) is 16.8 Å². The predicted octanol–water partition coefficient (Wildman–Crippen LogP) is 4.44. The zero-order valence-corrected chi connectivity index (χ0v) is 14.4. The third-order valence-electron chi connectivity index (χ3n) is 4.29. The van der Waals surface area contributed by atoms with Crippen LogP contribution in [0.25, 0.3) is 0 Å². The fourth-order valence-corrected chi connectivity index (χ4v) is 3.17. The van der Waals surface area contributed by atoms with Crippen LogP contribution in [0.3, 0.4) is 0 Å².